The summed E-state index contributed by atoms with van der Waals surface area (Å²) in [5, 5.41) is 4.12. The lowest BCUT2D eigenvalue weighted by molar-refractivity contribution is 0.285. The van der Waals surface area contributed by atoms with Crippen LogP contribution < -0.4 is 4.74 Å². The first-order valence-electron chi connectivity index (χ1n) is 6.89. The Morgan fingerprint density at radius 2 is 2.24 bits per heavy atom. The molecule has 0 amide bonds. The quantitative estimate of drug-likeness (QED) is 0.629. The van der Waals surface area contributed by atoms with Crippen molar-refractivity contribution in [3.63, 3.8) is 0 Å². The Labute approximate surface area is 130 Å². The summed E-state index contributed by atoms with van der Waals surface area (Å²) in [6.07, 6.45) is 2.25. The highest BCUT2D eigenvalue weighted by atomic mass is 35.5. The summed E-state index contributed by atoms with van der Waals surface area (Å²) >= 11 is 5.60. The van der Waals surface area contributed by atoms with Crippen LogP contribution in [0.4, 0.5) is 0 Å². The SMILES string of the molecule is CCn1ncnc1COc1ccc(C#CCCCl)cc1C. The number of alkyl halides is 1. The smallest absolute Gasteiger partial charge is 0.164 e. The molecule has 0 unspecified atom stereocenters. The van der Waals surface area contributed by atoms with Gasteiger partial charge in [0.2, 0.25) is 0 Å². The van der Waals surface area contributed by atoms with Gasteiger partial charge in [0.15, 0.2) is 5.82 Å². The highest BCUT2D eigenvalue weighted by molar-refractivity contribution is 6.18. The first-order chi connectivity index (χ1) is 10.2. The van der Waals surface area contributed by atoms with Gasteiger partial charge in [0.25, 0.3) is 0 Å². The lowest BCUT2D eigenvalue weighted by Crippen LogP contribution is -2.07. The number of benzene rings is 1. The largest absolute Gasteiger partial charge is 0.485 e. The van der Waals surface area contributed by atoms with Crippen molar-refractivity contribution < 1.29 is 4.74 Å². The fraction of sp³-hybridized carbons (Fsp3) is 0.375. The van der Waals surface area contributed by atoms with Crippen LogP contribution in [0.15, 0.2) is 24.5 Å². The molecule has 21 heavy (non-hydrogen) atoms. The Bertz CT molecular complexity index is 655. The number of ether oxygens (including phenoxy) is 1. The zero-order valence-corrected chi connectivity index (χ0v) is 13.0. The van der Waals surface area contributed by atoms with Gasteiger partial charge in [-0.1, -0.05) is 11.8 Å². The van der Waals surface area contributed by atoms with Crippen LogP contribution in [0.1, 0.15) is 30.3 Å². The molecule has 2 rings (SSSR count). The van der Waals surface area contributed by atoms with Gasteiger partial charge in [0.1, 0.15) is 18.7 Å². The summed E-state index contributed by atoms with van der Waals surface area (Å²) in [5.41, 5.74) is 2.02. The van der Waals surface area contributed by atoms with E-state index in [4.69, 9.17) is 16.3 Å². The summed E-state index contributed by atoms with van der Waals surface area (Å²) in [4.78, 5) is 4.19. The van der Waals surface area contributed by atoms with Gasteiger partial charge >= 0.3 is 0 Å². The molecular weight excluding hydrogens is 286 g/mol. The van der Waals surface area contributed by atoms with Gasteiger partial charge in [0, 0.05) is 24.4 Å². The molecule has 0 aliphatic rings. The molecule has 4 nitrogen and oxygen atoms in total. The van der Waals surface area contributed by atoms with Crippen molar-refractivity contribution in [2.75, 3.05) is 5.88 Å². The van der Waals surface area contributed by atoms with E-state index in [1.165, 1.54) is 0 Å². The van der Waals surface area contributed by atoms with Crippen LogP contribution in [0.25, 0.3) is 0 Å². The molecule has 0 saturated carbocycles. The molecule has 1 aromatic carbocycles. The van der Waals surface area contributed by atoms with Gasteiger partial charge in [-0.15, -0.1) is 11.6 Å². The monoisotopic (exact) mass is 303 g/mol. The summed E-state index contributed by atoms with van der Waals surface area (Å²) in [6, 6.07) is 5.90. The molecule has 0 saturated heterocycles. The van der Waals surface area contributed by atoms with Gasteiger partial charge in [0.05, 0.1) is 0 Å². The first kappa shape index (κ1) is 15.4. The van der Waals surface area contributed by atoms with Crippen LogP contribution in [0, 0.1) is 18.8 Å². The molecule has 0 N–H and O–H groups in total. The molecular formula is C16H18ClN3O. The van der Waals surface area contributed by atoms with E-state index >= 15 is 0 Å². The summed E-state index contributed by atoms with van der Waals surface area (Å²) in [5.74, 6) is 8.33. The number of hydrogen-bond donors (Lipinski definition) is 0. The standard InChI is InChI=1S/C16H18ClN3O/c1-3-20-16(18-12-19-20)11-21-15-8-7-14(10-13(15)2)6-4-5-9-17/h7-8,10,12H,3,5,9,11H2,1-2H3. The molecule has 1 heterocycles. The van der Waals surface area contributed by atoms with Crippen LogP contribution in [0.5, 0.6) is 5.75 Å². The molecule has 2 aromatic rings. The molecule has 0 atom stereocenters. The van der Waals surface area contributed by atoms with Crippen molar-refractivity contribution in [1.82, 2.24) is 14.8 Å². The number of rotatable bonds is 5. The molecule has 5 heteroatoms. The number of hydrogen-bond acceptors (Lipinski definition) is 3. The average Bonchev–Trinajstić information content (AvgIpc) is 2.94. The molecule has 0 fully saturated rings. The predicted octanol–water partition coefficient (Wildman–Crippen LogP) is 3.17. The van der Waals surface area contributed by atoms with Gasteiger partial charge < -0.3 is 4.74 Å². The highest BCUT2D eigenvalue weighted by Crippen LogP contribution is 2.19. The van der Waals surface area contributed by atoms with E-state index in [1.54, 1.807) is 6.33 Å². The normalized spacial score (nSPS) is 10.0. The molecule has 0 radical (unpaired) electrons. The lowest BCUT2D eigenvalue weighted by Gasteiger charge is -2.09. The third kappa shape index (κ3) is 4.24. The van der Waals surface area contributed by atoms with E-state index in [0.717, 1.165) is 29.2 Å². The topological polar surface area (TPSA) is 39.9 Å². The molecule has 1 aromatic heterocycles. The molecule has 0 aliphatic heterocycles. The minimum atomic E-state index is 0.409. The first-order valence-corrected chi connectivity index (χ1v) is 7.43. The second kappa shape index (κ2) is 7.70. The van der Waals surface area contributed by atoms with E-state index < -0.39 is 0 Å². The van der Waals surface area contributed by atoms with E-state index in [1.807, 2.05) is 36.7 Å². The molecule has 0 spiro atoms. The minimum Gasteiger partial charge on any atom is -0.485 e. The Morgan fingerprint density at radius 3 is 2.95 bits per heavy atom. The van der Waals surface area contributed by atoms with Gasteiger partial charge in [-0.3, -0.25) is 0 Å². The van der Waals surface area contributed by atoms with Crippen molar-refractivity contribution in [2.45, 2.75) is 33.4 Å². The summed E-state index contributed by atoms with van der Waals surface area (Å²) < 4.78 is 7.63. The van der Waals surface area contributed by atoms with Crippen LogP contribution >= 0.6 is 11.6 Å². The second-order valence-electron chi connectivity index (χ2n) is 4.50. The van der Waals surface area contributed by atoms with Crippen LogP contribution in [0.3, 0.4) is 0 Å². The van der Waals surface area contributed by atoms with Gasteiger partial charge in [-0.05, 0) is 37.6 Å². The zero-order valence-electron chi connectivity index (χ0n) is 12.3. The number of aromatic nitrogens is 3. The van der Waals surface area contributed by atoms with Crippen molar-refractivity contribution in [3.05, 3.63) is 41.5 Å². The maximum absolute atomic E-state index is 5.81. The third-order valence-corrected chi connectivity index (χ3v) is 3.17. The number of halogens is 1. The maximum Gasteiger partial charge on any atom is 0.164 e. The fourth-order valence-corrected chi connectivity index (χ4v) is 2.00. The molecule has 0 aliphatic carbocycles. The van der Waals surface area contributed by atoms with Gasteiger partial charge in [-0.2, -0.15) is 5.10 Å². The third-order valence-electron chi connectivity index (χ3n) is 2.98. The molecule has 0 bridgehead atoms. The fourth-order valence-electron chi connectivity index (χ4n) is 1.91. The average molecular weight is 304 g/mol. The Balaban J connectivity index is 2.03. The van der Waals surface area contributed by atoms with E-state index in [2.05, 4.69) is 21.9 Å². The highest BCUT2D eigenvalue weighted by Gasteiger charge is 2.05. The minimum absolute atomic E-state index is 0.409. The summed E-state index contributed by atoms with van der Waals surface area (Å²) in [7, 11) is 0. The van der Waals surface area contributed by atoms with Crippen LogP contribution in [-0.2, 0) is 13.2 Å². The van der Waals surface area contributed by atoms with E-state index in [9.17, 15) is 0 Å². The Hall–Kier alpha value is -1.99. The van der Waals surface area contributed by atoms with E-state index in [-0.39, 0.29) is 0 Å². The Kier molecular flexibility index (Phi) is 5.65. The second-order valence-corrected chi connectivity index (χ2v) is 4.88. The van der Waals surface area contributed by atoms with Crippen molar-refractivity contribution in [3.8, 4) is 17.6 Å². The Morgan fingerprint density at radius 1 is 1.38 bits per heavy atom. The molecule has 110 valence electrons. The zero-order chi connectivity index (χ0) is 15.1. The van der Waals surface area contributed by atoms with Crippen molar-refractivity contribution >= 4 is 11.6 Å². The summed E-state index contributed by atoms with van der Waals surface area (Å²) in [6.45, 7) is 5.23. The van der Waals surface area contributed by atoms with E-state index in [0.29, 0.717) is 18.9 Å². The van der Waals surface area contributed by atoms with Crippen LogP contribution in [0.2, 0.25) is 0 Å². The number of nitrogens with zero attached hydrogens (tertiary/aromatic N) is 3. The maximum atomic E-state index is 5.81. The van der Waals surface area contributed by atoms with Gasteiger partial charge in [-0.25, -0.2) is 9.67 Å². The van der Waals surface area contributed by atoms with Crippen LogP contribution in [-0.4, -0.2) is 20.6 Å². The number of aryl methyl sites for hydroxylation is 2. The predicted molar refractivity (Wildman–Crippen MR) is 83.4 cm³/mol. The lowest BCUT2D eigenvalue weighted by atomic mass is 10.1. The van der Waals surface area contributed by atoms with Crippen molar-refractivity contribution in [2.24, 2.45) is 0 Å². The van der Waals surface area contributed by atoms with Crippen molar-refractivity contribution in [1.29, 1.82) is 0 Å².